The maximum Gasteiger partial charge on any atom is 0.264 e. The van der Waals surface area contributed by atoms with E-state index in [0.29, 0.717) is 12.2 Å². The molecule has 0 unspecified atom stereocenters. The Kier molecular flexibility index (Phi) is 11.4. The second kappa shape index (κ2) is 15.2. The molecule has 242 valence electrons. The Morgan fingerprint density at radius 2 is 1.41 bits per heavy atom. The Balaban J connectivity index is 1.82. The van der Waals surface area contributed by atoms with Crippen molar-refractivity contribution in [1.29, 1.82) is 0 Å². The molecule has 0 aliphatic rings. The highest BCUT2D eigenvalue weighted by atomic mass is 32.2. The minimum atomic E-state index is -4.15. The summed E-state index contributed by atoms with van der Waals surface area (Å²) in [6.07, 6.45) is 0.275. The van der Waals surface area contributed by atoms with E-state index in [2.05, 4.69) is 5.32 Å². The van der Waals surface area contributed by atoms with Crippen LogP contribution in [0.3, 0.4) is 0 Å². The molecule has 0 aliphatic heterocycles. The number of anilines is 1. The lowest BCUT2D eigenvalue weighted by Crippen LogP contribution is -2.53. The summed E-state index contributed by atoms with van der Waals surface area (Å²) in [6.45, 7) is 11.9. The van der Waals surface area contributed by atoms with Crippen LogP contribution in [0.5, 0.6) is 0 Å². The molecule has 0 heterocycles. The van der Waals surface area contributed by atoms with Crippen LogP contribution in [0.1, 0.15) is 47.2 Å². The first-order valence-electron chi connectivity index (χ1n) is 15.7. The van der Waals surface area contributed by atoms with Gasteiger partial charge in [0.05, 0.1) is 10.6 Å². The van der Waals surface area contributed by atoms with E-state index in [0.717, 1.165) is 33.4 Å². The van der Waals surface area contributed by atoms with Gasteiger partial charge in [-0.25, -0.2) is 8.42 Å². The summed E-state index contributed by atoms with van der Waals surface area (Å²) in [4.78, 5) is 30.2. The number of nitrogens with one attached hydrogen (secondary N) is 1. The monoisotopic (exact) mass is 639 g/mol. The summed E-state index contributed by atoms with van der Waals surface area (Å²) in [5.74, 6) is -0.543. The van der Waals surface area contributed by atoms with Crippen LogP contribution >= 0.6 is 0 Å². The molecular weight excluding hydrogens is 595 g/mol. The van der Waals surface area contributed by atoms with Crippen molar-refractivity contribution >= 4 is 27.5 Å². The molecule has 2 amide bonds. The molecule has 8 heteroatoms. The molecule has 1 atom stereocenters. The molecule has 4 aromatic carbocycles. The summed E-state index contributed by atoms with van der Waals surface area (Å²) in [5.41, 5.74) is 5.97. The third-order valence-electron chi connectivity index (χ3n) is 8.22. The van der Waals surface area contributed by atoms with Gasteiger partial charge in [-0.15, -0.1) is 0 Å². The van der Waals surface area contributed by atoms with Gasteiger partial charge in [0.2, 0.25) is 11.8 Å². The molecule has 4 aromatic rings. The van der Waals surface area contributed by atoms with Crippen molar-refractivity contribution in [2.45, 2.75) is 65.4 Å². The predicted octanol–water partition coefficient (Wildman–Crippen LogP) is 6.53. The second-order valence-electron chi connectivity index (χ2n) is 12.4. The molecule has 0 fully saturated rings. The molecule has 0 saturated heterocycles. The molecule has 0 saturated carbocycles. The zero-order chi connectivity index (χ0) is 33.4. The van der Waals surface area contributed by atoms with E-state index in [4.69, 9.17) is 0 Å². The number of benzene rings is 4. The van der Waals surface area contributed by atoms with Crippen LogP contribution in [-0.2, 0) is 32.6 Å². The lowest BCUT2D eigenvalue weighted by atomic mass is 10.0. The van der Waals surface area contributed by atoms with Gasteiger partial charge >= 0.3 is 0 Å². The van der Waals surface area contributed by atoms with E-state index in [-0.39, 0.29) is 29.7 Å². The summed E-state index contributed by atoms with van der Waals surface area (Å²) in [5, 5.41) is 3.03. The average molecular weight is 640 g/mol. The Morgan fingerprint density at radius 3 is 2.04 bits per heavy atom. The Bertz CT molecular complexity index is 1750. The maximum absolute atomic E-state index is 14.6. The number of amides is 2. The van der Waals surface area contributed by atoms with Crippen molar-refractivity contribution in [3.05, 3.63) is 130 Å². The van der Waals surface area contributed by atoms with E-state index < -0.39 is 28.5 Å². The van der Waals surface area contributed by atoms with Gasteiger partial charge < -0.3 is 10.2 Å². The standard InChI is InChI=1S/C38H45N3O4S/c1-27(2)24-39-38(43)36(23-32-13-8-7-9-14-32)40(25-33-15-11-10-12-30(33)5)37(42)26-41(34-19-18-29(4)31(6)22-34)46(44,45)35-20-16-28(3)17-21-35/h7-22,27,36H,23-26H2,1-6H3,(H,39,43)/t36-/m0/s1. The first kappa shape index (κ1) is 34.4. The van der Waals surface area contributed by atoms with E-state index >= 15 is 0 Å². The molecule has 46 heavy (non-hydrogen) atoms. The van der Waals surface area contributed by atoms with Gasteiger partial charge in [0.15, 0.2) is 0 Å². The fourth-order valence-corrected chi connectivity index (χ4v) is 6.60. The first-order chi connectivity index (χ1) is 21.9. The van der Waals surface area contributed by atoms with Crippen LogP contribution in [-0.4, -0.2) is 44.3 Å². The van der Waals surface area contributed by atoms with Gasteiger partial charge in [0.1, 0.15) is 12.6 Å². The van der Waals surface area contributed by atoms with Gasteiger partial charge in [-0.3, -0.25) is 13.9 Å². The number of nitrogens with zero attached hydrogens (tertiary/aromatic N) is 2. The topological polar surface area (TPSA) is 86.8 Å². The van der Waals surface area contributed by atoms with Gasteiger partial charge in [0, 0.05) is 19.5 Å². The molecule has 1 N–H and O–H groups in total. The molecule has 7 nitrogen and oxygen atoms in total. The fraction of sp³-hybridized carbons (Fsp3) is 0.316. The van der Waals surface area contributed by atoms with E-state index in [1.54, 1.807) is 41.3 Å². The summed E-state index contributed by atoms with van der Waals surface area (Å²) in [7, 11) is -4.15. The third kappa shape index (κ3) is 8.63. The van der Waals surface area contributed by atoms with Gasteiger partial charge in [0.25, 0.3) is 10.0 Å². The molecule has 0 spiro atoms. The zero-order valence-electron chi connectivity index (χ0n) is 27.7. The van der Waals surface area contributed by atoms with Crippen LogP contribution in [0.15, 0.2) is 102 Å². The van der Waals surface area contributed by atoms with E-state index in [1.807, 2.05) is 102 Å². The first-order valence-corrected chi connectivity index (χ1v) is 17.1. The van der Waals surface area contributed by atoms with Crippen molar-refractivity contribution in [2.24, 2.45) is 5.92 Å². The van der Waals surface area contributed by atoms with Gasteiger partial charge in [-0.2, -0.15) is 0 Å². The van der Waals surface area contributed by atoms with Crippen molar-refractivity contribution in [3.63, 3.8) is 0 Å². The third-order valence-corrected chi connectivity index (χ3v) is 10.0. The van der Waals surface area contributed by atoms with Crippen LogP contribution in [0.25, 0.3) is 0 Å². The number of carbonyl (C=O) groups is 2. The highest BCUT2D eigenvalue weighted by molar-refractivity contribution is 7.92. The van der Waals surface area contributed by atoms with Crippen molar-refractivity contribution in [3.8, 4) is 0 Å². The molecule has 4 rings (SSSR count). The molecule has 0 aromatic heterocycles. The minimum absolute atomic E-state index is 0.0880. The molecule has 0 radical (unpaired) electrons. The second-order valence-corrected chi connectivity index (χ2v) is 14.2. The number of aryl methyl sites for hydroxylation is 4. The van der Waals surface area contributed by atoms with E-state index in [9.17, 15) is 18.0 Å². The Labute approximate surface area is 274 Å². The van der Waals surface area contributed by atoms with Crippen LogP contribution < -0.4 is 9.62 Å². The quantitative estimate of drug-likeness (QED) is 0.180. The zero-order valence-corrected chi connectivity index (χ0v) is 28.5. The van der Waals surface area contributed by atoms with Gasteiger partial charge in [-0.05, 0) is 85.7 Å². The maximum atomic E-state index is 14.6. The lowest BCUT2D eigenvalue weighted by Gasteiger charge is -2.34. The summed E-state index contributed by atoms with van der Waals surface area (Å²) >= 11 is 0. The van der Waals surface area contributed by atoms with Crippen LogP contribution in [0, 0.1) is 33.6 Å². The fourth-order valence-electron chi connectivity index (χ4n) is 5.19. The Hall–Kier alpha value is -4.43. The SMILES string of the molecule is Cc1ccc(S(=O)(=O)N(CC(=O)N(Cc2ccccc2C)[C@@H](Cc2ccccc2)C(=O)NCC(C)C)c2ccc(C)c(C)c2)cc1. The van der Waals surface area contributed by atoms with E-state index in [1.165, 1.54) is 4.31 Å². The number of hydrogen-bond donors (Lipinski definition) is 1. The lowest BCUT2D eigenvalue weighted by molar-refractivity contribution is -0.140. The average Bonchev–Trinajstić information content (AvgIpc) is 3.03. The predicted molar refractivity (Wildman–Crippen MR) is 185 cm³/mol. The summed E-state index contributed by atoms with van der Waals surface area (Å²) < 4.78 is 29.7. The van der Waals surface area contributed by atoms with Crippen molar-refractivity contribution in [2.75, 3.05) is 17.4 Å². The van der Waals surface area contributed by atoms with Gasteiger partial charge in [-0.1, -0.05) is 92.2 Å². The normalized spacial score (nSPS) is 12.1. The molecule has 0 aliphatic carbocycles. The number of rotatable bonds is 13. The highest BCUT2D eigenvalue weighted by Gasteiger charge is 2.35. The van der Waals surface area contributed by atoms with Crippen LogP contribution in [0.4, 0.5) is 5.69 Å². The highest BCUT2D eigenvalue weighted by Crippen LogP contribution is 2.27. The number of hydrogen-bond acceptors (Lipinski definition) is 4. The van der Waals surface area contributed by atoms with Crippen molar-refractivity contribution in [1.82, 2.24) is 10.2 Å². The number of carbonyl (C=O) groups excluding carboxylic acids is 2. The van der Waals surface area contributed by atoms with Crippen LogP contribution in [0.2, 0.25) is 0 Å². The smallest absolute Gasteiger partial charge is 0.264 e. The Morgan fingerprint density at radius 1 is 0.761 bits per heavy atom. The molecular formula is C38H45N3O4S. The minimum Gasteiger partial charge on any atom is -0.354 e. The van der Waals surface area contributed by atoms with Crippen molar-refractivity contribution < 1.29 is 18.0 Å². The number of sulfonamides is 1. The largest absolute Gasteiger partial charge is 0.354 e. The summed E-state index contributed by atoms with van der Waals surface area (Å²) in [6, 6.07) is 28.4. The molecule has 0 bridgehead atoms.